The van der Waals surface area contributed by atoms with Crippen molar-refractivity contribution in [1.29, 1.82) is 0 Å². The zero-order valence-electron chi connectivity index (χ0n) is 9.57. The number of aromatic amines is 2. The fourth-order valence-electron chi connectivity index (χ4n) is 1.13. The van der Waals surface area contributed by atoms with Crippen molar-refractivity contribution in [2.24, 2.45) is 5.92 Å². The molecule has 1 amide bonds. The number of aromatic nitrogens is 3. The van der Waals surface area contributed by atoms with E-state index in [1.165, 1.54) is 0 Å². The van der Waals surface area contributed by atoms with Crippen molar-refractivity contribution >= 4 is 5.91 Å². The molecule has 94 valence electrons. The van der Waals surface area contributed by atoms with Crippen LogP contribution >= 0.6 is 0 Å². The Labute approximate surface area is 95.7 Å². The van der Waals surface area contributed by atoms with Crippen LogP contribution in [0.5, 0.6) is 0 Å². The second-order valence-corrected chi connectivity index (χ2v) is 3.99. The van der Waals surface area contributed by atoms with E-state index in [0.29, 0.717) is 17.0 Å². The number of rotatable bonds is 4. The highest BCUT2D eigenvalue weighted by Gasteiger charge is 2.08. The minimum absolute atomic E-state index is 0.197. The maximum atomic E-state index is 11.4. The van der Waals surface area contributed by atoms with Gasteiger partial charge in [0.2, 0.25) is 5.91 Å². The third-order valence-electron chi connectivity index (χ3n) is 2.03. The second-order valence-electron chi connectivity index (χ2n) is 3.99. The summed E-state index contributed by atoms with van der Waals surface area (Å²) < 4.78 is 0.435. The Hall–Kier alpha value is -2.12. The van der Waals surface area contributed by atoms with Crippen molar-refractivity contribution < 1.29 is 4.79 Å². The molecule has 1 aromatic rings. The van der Waals surface area contributed by atoms with E-state index in [9.17, 15) is 19.2 Å². The first-order chi connectivity index (χ1) is 7.90. The van der Waals surface area contributed by atoms with Gasteiger partial charge in [-0.15, -0.1) is 4.68 Å². The van der Waals surface area contributed by atoms with Crippen LogP contribution in [0.25, 0.3) is 0 Å². The smallest absolute Gasteiger partial charge is 0.273 e. The zero-order valence-corrected chi connectivity index (χ0v) is 9.57. The largest absolute Gasteiger partial charge is 0.353 e. The molecule has 0 aliphatic heterocycles. The van der Waals surface area contributed by atoms with Crippen LogP contribution in [0.4, 0.5) is 0 Å². The molecule has 17 heavy (non-hydrogen) atoms. The molecule has 0 atom stereocenters. The number of hydrogen-bond donors (Lipinski definition) is 3. The van der Waals surface area contributed by atoms with Crippen LogP contribution in [0.15, 0.2) is 14.4 Å². The molecular weight excluding hydrogens is 228 g/mol. The molecule has 8 nitrogen and oxygen atoms in total. The van der Waals surface area contributed by atoms with Crippen LogP contribution in [0.3, 0.4) is 0 Å². The Morgan fingerprint density at radius 3 is 2.24 bits per heavy atom. The van der Waals surface area contributed by atoms with Crippen LogP contribution in [0, 0.1) is 5.92 Å². The summed E-state index contributed by atoms with van der Waals surface area (Å²) in [5.41, 5.74) is -0.748. The van der Waals surface area contributed by atoms with E-state index < -0.39 is 23.0 Å². The monoisotopic (exact) mass is 242 g/mol. The number of nitrogens with zero attached hydrogens (tertiary/aromatic N) is 1. The molecule has 0 aromatic carbocycles. The summed E-state index contributed by atoms with van der Waals surface area (Å²) in [5, 5.41) is 0. The number of hydrogen-bond acceptors (Lipinski definition) is 4. The van der Waals surface area contributed by atoms with Crippen LogP contribution in [0.2, 0.25) is 0 Å². The van der Waals surface area contributed by atoms with Gasteiger partial charge in [-0.3, -0.25) is 20.2 Å². The van der Waals surface area contributed by atoms with Crippen LogP contribution in [-0.4, -0.2) is 20.6 Å². The van der Waals surface area contributed by atoms with E-state index in [2.05, 4.69) is 5.43 Å². The third kappa shape index (κ3) is 3.74. The lowest BCUT2D eigenvalue weighted by molar-refractivity contribution is -0.117. The number of carbonyl (C=O) groups excluding carboxylic acids is 1. The molecule has 1 rings (SSSR count). The zero-order chi connectivity index (χ0) is 13.0. The standard InChI is InChI=1S/C9H14N4O4/c1-5(2)3-4-6(14)12-13-8(16)10-7(15)11-9(13)17/h5H,3-4H2,1-2H3,(H,12,14)(H2,10,11,15,16,17). The summed E-state index contributed by atoms with van der Waals surface area (Å²) in [4.78, 5) is 48.2. The van der Waals surface area contributed by atoms with Gasteiger partial charge in [0, 0.05) is 6.42 Å². The van der Waals surface area contributed by atoms with Gasteiger partial charge in [0.25, 0.3) is 0 Å². The van der Waals surface area contributed by atoms with E-state index in [-0.39, 0.29) is 6.42 Å². The molecule has 0 saturated carbocycles. The van der Waals surface area contributed by atoms with Crippen molar-refractivity contribution in [3.05, 3.63) is 31.5 Å². The molecule has 0 unspecified atom stereocenters. The van der Waals surface area contributed by atoms with E-state index in [4.69, 9.17) is 0 Å². The number of H-pyrrole nitrogens is 2. The van der Waals surface area contributed by atoms with Crippen molar-refractivity contribution in [3.63, 3.8) is 0 Å². The third-order valence-corrected chi connectivity index (χ3v) is 2.03. The molecule has 0 fully saturated rings. The van der Waals surface area contributed by atoms with E-state index in [1.54, 1.807) is 0 Å². The quantitative estimate of drug-likeness (QED) is 0.610. The van der Waals surface area contributed by atoms with E-state index >= 15 is 0 Å². The molecule has 0 saturated heterocycles. The molecule has 0 aliphatic carbocycles. The summed E-state index contributed by atoms with van der Waals surface area (Å²) in [6.45, 7) is 3.90. The summed E-state index contributed by atoms with van der Waals surface area (Å²) in [6, 6.07) is 0. The fraction of sp³-hybridized carbons (Fsp3) is 0.556. The highest BCUT2D eigenvalue weighted by atomic mass is 16.2. The van der Waals surface area contributed by atoms with Crippen molar-refractivity contribution in [1.82, 2.24) is 14.6 Å². The van der Waals surface area contributed by atoms with Gasteiger partial charge in [-0.25, -0.2) is 14.4 Å². The van der Waals surface area contributed by atoms with Gasteiger partial charge in [-0.1, -0.05) is 13.8 Å². The molecule has 0 spiro atoms. The molecule has 3 N–H and O–H groups in total. The van der Waals surface area contributed by atoms with Gasteiger partial charge in [-0.05, 0) is 12.3 Å². The van der Waals surface area contributed by atoms with Crippen LogP contribution in [-0.2, 0) is 4.79 Å². The molecular formula is C9H14N4O4. The average Bonchev–Trinajstić information content (AvgIpc) is 2.20. The summed E-state index contributed by atoms with van der Waals surface area (Å²) in [5.74, 6) is -0.121. The first-order valence-electron chi connectivity index (χ1n) is 5.15. The van der Waals surface area contributed by atoms with E-state index in [1.807, 2.05) is 23.8 Å². The first-order valence-corrected chi connectivity index (χ1v) is 5.15. The lowest BCUT2D eigenvalue weighted by Gasteiger charge is -2.06. The van der Waals surface area contributed by atoms with Gasteiger partial charge >= 0.3 is 17.1 Å². The Morgan fingerprint density at radius 2 is 1.76 bits per heavy atom. The minimum atomic E-state index is -0.975. The lowest BCUT2D eigenvalue weighted by Crippen LogP contribution is -2.49. The lowest BCUT2D eigenvalue weighted by atomic mass is 10.1. The highest BCUT2D eigenvalue weighted by Crippen LogP contribution is 2.02. The van der Waals surface area contributed by atoms with Gasteiger partial charge < -0.3 is 0 Å². The Balaban J connectivity index is 2.83. The number of amides is 1. The normalized spacial score (nSPS) is 10.5. The second kappa shape index (κ2) is 5.28. The summed E-state index contributed by atoms with van der Waals surface area (Å²) >= 11 is 0. The summed E-state index contributed by atoms with van der Waals surface area (Å²) in [7, 11) is 0. The SMILES string of the molecule is CC(C)CCC(=O)Nn1c(=O)[nH]c(=O)[nH]c1=O. The van der Waals surface area contributed by atoms with Crippen molar-refractivity contribution in [2.75, 3.05) is 5.43 Å². The number of carbonyl (C=O) groups is 1. The molecule has 0 aliphatic rings. The van der Waals surface area contributed by atoms with Gasteiger partial charge in [0.05, 0.1) is 0 Å². The van der Waals surface area contributed by atoms with Crippen LogP contribution < -0.4 is 22.5 Å². The minimum Gasteiger partial charge on any atom is -0.273 e. The van der Waals surface area contributed by atoms with Gasteiger partial charge in [0.1, 0.15) is 0 Å². The predicted molar refractivity (Wildman–Crippen MR) is 60.4 cm³/mol. The van der Waals surface area contributed by atoms with Gasteiger partial charge in [-0.2, -0.15) is 0 Å². The molecule has 1 heterocycles. The molecule has 1 aromatic heterocycles. The highest BCUT2D eigenvalue weighted by molar-refractivity contribution is 5.83. The Morgan fingerprint density at radius 1 is 1.24 bits per heavy atom. The molecule has 0 bridgehead atoms. The fourth-order valence-corrected chi connectivity index (χ4v) is 1.13. The van der Waals surface area contributed by atoms with Gasteiger partial charge in [0.15, 0.2) is 0 Å². The van der Waals surface area contributed by atoms with E-state index in [0.717, 1.165) is 0 Å². The molecule has 8 heteroatoms. The maximum absolute atomic E-state index is 11.4. The predicted octanol–water partition coefficient (Wildman–Crippen LogP) is -1.27. The van der Waals surface area contributed by atoms with Crippen molar-refractivity contribution in [3.8, 4) is 0 Å². The van der Waals surface area contributed by atoms with Crippen LogP contribution in [0.1, 0.15) is 26.7 Å². The number of nitrogens with one attached hydrogen (secondary N) is 3. The first kappa shape index (κ1) is 12.9. The topological polar surface area (TPSA) is 117 Å². The Bertz CT molecular complexity index is 531. The summed E-state index contributed by atoms with van der Waals surface area (Å²) in [6.07, 6.45) is 0.838. The van der Waals surface area contributed by atoms with Crippen molar-refractivity contribution in [2.45, 2.75) is 26.7 Å². The average molecular weight is 242 g/mol. The molecule has 0 radical (unpaired) electrons. The maximum Gasteiger partial charge on any atom is 0.353 e. The Kier molecular flexibility index (Phi) is 4.02.